The fourth-order valence-corrected chi connectivity index (χ4v) is 1.17. The van der Waals surface area contributed by atoms with Crippen LogP contribution in [0.25, 0.3) is 0 Å². The van der Waals surface area contributed by atoms with Gasteiger partial charge in [-0.2, -0.15) is 0 Å². The predicted octanol–water partition coefficient (Wildman–Crippen LogP) is 0.433. The third-order valence-corrected chi connectivity index (χ3v) is 2.57. The molecule has 1 rings (SSSR count). The molecule has 0 bridgehead atoms. The Morgan fingerprint density at radius 3 is 2.71 bits per heavy atom. The summed E-state index contributed by atoms with van der Waals surface area (Å²) in [4.78, 5) is 21.7. The highest BCUT2D eigenvalue weighted by Crippen LogP contribution is 2.28. The summed E-state index contributed by atoms with van der Waals surface area (Å²) in [6.45, 7) is 3.39. The van der Waals surface area contributed by atoms with Crippen molar-refractivity contribution in [2.75, 3.05) is 26.3 Å². The SMILES string of the molecule is CC(CNC(=O)NCCOCC1CC1)C(=O)O. The molecule has 17 heavy (non-hydrogen) atoms. The molecule has 1 unspecified atom stereocenters. The number of urea groups is 1. The number of hydrogen-bond acceptors (Lipinski definition) is 3. The van der Waals surface area contributed by atoms with Crippen molar-refractivity contribution in [3.05, 3.63) is 0 Å². The van der Waals surface area contributed by atoms with Crippen LogP contribution >= 0.6 is 0 Å². The Hall–Kier alpha value is -1.30. The van der Waals surface area contributed by atoms with Crippen LogP contribution in [0.4, 0.5) is 4.79 Å². The van der Waals surface area contributed by atoms with Gasteiger partial charge in [0.25, 0.3) is 0 Å². The number of nitrogens with one attached hydrogen (secondary N) is 2. The van der Waals surface area contributed by atoms with Gasteiger partial charge in [0.05, 0.1) is 12.5 Å². The monoisotopic (exact) mass is 244 g/mol. The molecular weight excluding hydrogens is 224 g/mol. The summed E-state index contributed by atoms with van der Waals surface area (Å²) in [5.74, 6) is -0.773. The average Bonchev–Trinajstić information content (AvgIpc) is 3.09. The van der Waals surface area contributed by atoms with E-state index in [0.29, 0.717) is 13.2 Å². The van der Waals surface area contributed by atoms with Gasteiger partial charge in [0.2, 0.25) is 0 Å². The van der Waals surface area contributed by atoms with Gasteiger partial charge in [-0.15, -0.1) is 0 Å². The van der Waals surface area contributed by atoms with E-state index in [2.05, 4.69) is 10.6 Å². The van der Waals surface area contributed by atoms with Gasteiger partial charge in [-0.25, -0.2) is 4.79 Å². The molecule has 1 fully saturated rings. The van der Waals surface area contributed by atoms with Crippen LogP contribution in [0.3, 0.4) is 0 Å². The number of aliphatic carboxylic acids is 1. The number of rotatable bonds is 8. The van der Waals surface area contributed by atoms with Crippen LogP contribution < -0.4 is 10.6 Å². The number of hydrogen-bond donors (Lipinski definition) is 3. The first-order chi connectivity index (χ1) is 8.09. The highest BCUT2D eigenvalue weighted by molar-refractivity contribution is 5.75. The predicted molar refractivity (Wildman–Crippen MR) is 61.7 cm³/mol. The van der Waals surface area contributed by atoms with E-state index in [1.807, 2.05) is 0 Å². The minimum Gasteiger partial charge on any atom is -0.481 e. The first-order valence-electron chi connectivity index (χ1n) is 5.92. The second kappa shape index (κ2) is 7.11. The molecular formula is C11H20N2O4. The molecule has 6 nitrogen and oxygen atoms in total. The Bertz CT molecular complexity index is 266. The summed E-state index contributed by atoms with van der Waals surface area (Å²) >= 11 is 0. The quantitative estimate of drug-likeness (QED) is 0.540. The van der Waals surface area contributed by atoms with Gasteiger partial charge in [0, 0.05) is 19.7 Å². The van der Waals surface area contributed by atoms with Crippen molar-refractivity contribution in [1.29, 1.82) is 0 Å². The Balaban J connectivity index is 1.91. The average molecular weight is 244 g/mol. The summed E-state index contributed by atoms with van der Waals surface area (Å²) in [7, 11) is 0. The second-order valence-electron chi connectivity index (χ2n) is 4.39. The van der Waals surface area contributed by atoms with Gasteiger partial charge in [0.15, 0.2) is 0 Å². The minimum atomic E-state index is -0.918. The van der Waals surface area contributed by atoms with Crippen LogP contribution in [0, 0.1) is 11.8 Å². The largest absolute Gasteiger partial charge is 0.481 e. The van der Waals surface area contributed by atoms with E-state index >= 15 is 0 Å². The molecule has 1 aliphatic carbocycles. The van der Waals surface area contributed by atoms with Crippen LogP contribution in [0.1, 0.15) is 19.8 Å². The molecule has 1 saturated carbocycles. The van der Waals surface area contributed by atoms with E-state index in [1.165, 1.54) is 12.8 Å². The second-order valence-corrected chi connectivity index (χ2v) is 4.39. The summed E-state index contributed by atoms with van der Waals surface area (Å²) in [6.07, 6.45) is 2.50. The van der Waals surface area contributed by atoms with E-state index in [9.17, 15) is 9.59 Å². The summed E-state index contributed by atoms with van der Waals surface area (Å²) < 4.78 is 5.34. The van der Waals surface area contributed by atoms with Crippen LogP contribution in [0.15, 0.2) is 0 Å². The molecule has 1 atom stereocenters. The number of carbonyl (C=O) groups excluding carboxylic acids is 1. The maximum atomic E-state index is 11.2. The Morgan fingerprint density at radius 2 is 2.12 bits per heavy atom. The Kier molecular flexibility index (Phi) is 5.76. The molecule has 1 aliphatic rings. The van der Waals surface area contributed by atoms with E-state index in [4.69, 9.17) is 9.84 Å². The normalized spacial score (nSPS) is 16.3. The zero-order valence-electron chi connectivity index (χ0n) is 10.1. The fourth-order valence-electron chi connectivity index (χ4n) is 1.17. The smallest absolute Gasteiger partial charge is 0.314 e. The third-order valence-electron chi connectivity index (χ3n) is 2.57. The molecule has 98 valence electrons. The molecule has 3 N–H and O–H groups in total. The van der Waals surface area contributed by atoms with Crippen molar-refractivity contribution in [2.24, 2.45) is 11.8 Å². The Morgan fingerprint density at radius 1 is 1.41 bits per heavy atom. The molecule has 0 aliphatic heterocycles. The first kappa shape index (κ1) is 13.8. The maximum absolute atomic E-state index is 11.2. The van der Waals surface area contributed by atoms with Crippen molar-refractivity contribution in [3.8, 4) is 0 Å². The fraction of sp³-hybridized carbons (Fsp3) is 0.818. The van der Waals surface area contributed by atoms with Crippen LogP contribution in [-0.4, -0.2) is 43.4 Å². The highest BCUT2D eigenvalue weighted by Gasteiger charge is 2.20. The van der Waals surface area contributed by atoms with E-state index in [1.54, 1.807) is 6.92 Å². The lowest BCUT2D eigenvalue weighted by atomic mass is 10.2. The molecule has 0 radical (unpaired) electrons. The summed E-state index contributed by atoms with van der Waals surface area (Å²) in [6, 6.07) is -0.354. The first-order valence-corrected chi connectivity index (χ1v) is 5.92. The molecule has 0 aromatic carbocycles. The van der Waals surface area contributed by atoms with Crippen molar-refractivity contribution in [1.82, 2.24) is 10.6 Å². The van der Waals surface area contributed by atoms with Gasteiger partial charge in [-0.05, 0) is 18.8 Å². The summed E-state index contributed by atoms with van der Waals surface area (Å²) in [5, 5.41) is 13.7. The number of carbonyl (C=O) groups is 2. The van der Waals surface area contributed by atoms with E-state index in [-0.39, 0.29) is 12.6 Å². The van der Waals surface area contributed by atoms with Crippen LogP contribution in [0.2, 0.25) is 0 Å². The van der Waals surface area contributed by atoms with Gasteiger partial charge in [0.1, 0.15) is 0 Å². The van der Waals surface area contributed by atoms with Crippen LogP contribution in [0.5, 0.6) is 0 Å². The van der Waals surface area contributed by atoms with Crippen molar-refractivity contribution in [3.63, 3.8) is 0 Å². The lowest BCUT2D eigenvalue weighted by molar-refractivity contribution is -0.140. The van der Waals surface area contributed by atoms with Gasteiger partial charge in [-0.3, -0.25) is 4.79 Å². The highest BCUT2D eigenvalue weighted by atomic mass is 16.5. The van der Waals surface area contributed by atoms with Crippen molar-refractivity contribution in [2.45, 2.75) is 19.8 Å². The van der Waals surface area contributed by atoms with Gasteiger partial charge >= 0.3 is 12.0 Å². The van der Waals surface area contributed by atoms with E-state index < -0.39 is 11.9 Å². The van der Waals surface area contributed by atoms with Crippen molar-refractivity contribution < 1.29 is 19.4 Å². The molecule has 0 spiro atoms. The maximum Gasteiger partial charge on any atom is 0.314 e. The van der Waals surface area contributed by atoms with Crippen LogP contribution in [-0.2, 0) is 9.53 Å². The minimum absolute atomic E-state index is 0.129. The zero-order chi connectivity index (χ0) is 12.7. The molecule has 0 aromatic heterocycles. The number of carboxylic acids is 1. The molecule has 0 heterocycles. The third kappa shape index (κ3) is 6.78. The molecule has 2 amide bonds. The van der Waals surface area contributed by atoms with Gasteiger partial charge < -0.3 is 20.5 Å². The lowest BCUT2D eigenvalue weighted by Gasteiger charge is -2.10. The number of amides is 2. The number of carboxylic acid groups (broad SMARTS) is 1. The molecule has 6 heteroatoms. The molecule has 0 saturated heterocycles. The lowest BCUT2D eigenvalue weighted by Crippen LogP contribution is -2.40. The van der Waals surface area contributed by atoms with E-state index in [0.717, 1.165) is 12.5 Å². The zero-order valence-corrected chi connectivity index (χ0v) is 10.1. The molecule has 0 aromatic rings. The summed E-state index contributed by atoms with van der Waals surface area (Å²) in [5.41, 5.74) is 0. The topological polar surface area (TPSA) is 87.7 Å². The standard InChI is InChI=1S/C11H20N2O4/c1-8(10(14)15)6-13-11(16)12-4-5-17-7-9-2-3-9/h8-9H,2-7H2,1H3,(H,14,15)(H2,12,13,16). The van der Waals surface area contributed by atoms with Gasteiger partial charge in [-0.1, -0.05) is 6.92 Å². The Labute approximate surface area is 101 Å². The number of ether oxygens (including phenoxy) is 1. The van der Waals surface area contributed by atoms with Crippen molar-refractivity contribution >= 4 is 12.0 Å².